The van der Waals surface area contributed by atoms with Crippen molar-refractivity contribution in [2.75, 3.05) is 5.88 Å². The van der Waals surface area contributed by atoms with Gasteiger partial charge in [-0.3, -0.25) is 0 Å². The van der Waals surface area contributed by atoms with Gasteiger partial charge in [-0.2, -0.15) is 0 Å². The summed E-state index contributed by atoms with van der Waals surface area (Å²) in [6, 6.07) is 4.03. The van der Waals surface area contributed by atoms with Gasteiger partial charge in [0.1, 0.15) is 0 Å². The zero-order chi connectivity index (χ0) is 12.3. The summed E-state index contributed by atoms with van der Waals surface area (Å²) in [5, 5.41) is 0. The van der Waals surface area contributed by atoms with Gasteiger partial charge in [-0.25, -0.2) is 8.78 Å². The molecule has 1 atom stereocenters. The van der Waals surface area contributed by atoms with E-state index < -0.39 is 11.6 Å². The molecule has 0 aliphatic heterocycles. The van der Waals surface area contributed by atoms with Crippen molar-refractivity contribution in [1.29, 1.82) is 0 Å². The van der Waals surface area contributed by atoms with E-state index >= 15 is 0 Å². The van der Waals surface area contributed by atoms with E-state index in [-0.39, 0.29) is 11.3 Å². The Labute approximate surface area is 101 Å². The first-order valence-electron chi connectivity index (χ1n) is 5.34. The molecule has 16 heavy (non-hydrogen) atoms. The normalized spacial score (nSPS) is 13.9. The molecular weight excluding hydrogens is 230 g/mol. The van der Waals surface area contributed by atoms with Crippen molar-refractivity contribution >= 4 is 11.6 Å². The summed E-state index contributed by atoms with van der Waals surface area (Å²) in [5.74, 6) is -0.830. The van der Waals surface area contributed by atoms with E-state index in [9.17, 15) is 8.78 Å². The second-order valence-corrected chi connectivity index (χ2v) is 5.48. The molecule has 0 nitrogen and oxygen atoms in total. The highest BCUT2D eigenvalue weighted by Crippen LogP contribution is 2.30. The maximum Gasteiger partial charge on any atom is 0.159 e. The quantitative estimate of drug-likeness (QED) is 0.693. The molecule has 1 aromatic rings. The van der Waals surface area contributed by atoms with Gasteiger partial charge in [-0.05, 0) is 35.4 Å². The van der Waals surface area contributed by atoms with Gasteiger partial charge in [-0.15, -0.1) is 11.6 Å². The van der Waals surface area contributed by atoms with Crippen molar-refractivity contribution in [2.45, 2.75) is 27.2 Å². The second-order valence-electron chi connectivity index (χ2n) is 5.17. The molecule has 0 bridgehead atoms. The summed E-state index contributed by atoms with van der Waals surface area (Å²) in [4.78, 5) is 0. The van der Waals surface area contributed by atoms with Gasteiger partial charge in [-0.1, -0.05) is 26.8 Å². The van der Waals surface area contributed by atoms with E-state index in [2.05, 4.69) is 20.8 Å². The highest BCUT2D eigenvalue weighted by molar-refractivity contribution is 6.18. The molecular formula is C13H17ClF2. The molecule has 1 unspecified atom stereocenters. The lowest BCUT2D eigenvalue weighted by Crippen LogP contribution is -2.24. The van der Waals surface area contributed by atoms with E-state index in [0.717, 1.165) is 5.56 Å². The summed E-state index contributed by atoms with van der Waals surface area (Å²) in [6.45, 7) is 6.29. The summed E-state index contributed by atoms with van der Waals surface area (Å²) in [5.41, 5.74) is 0.853. The van der Waals surface area contributed by atoms with Crippen LogP contribution in [0.5, 0.6) is 0 Å². The Bertz CT molecular complexity index is 355. The minimum absolute atomic E-state index is 0.0621. The number of halogens is 3. The number of rotatable bonds is 3. The molecule has 0 heterocycles. The molecule has 0 saturated heterocycles. The predicted octanol–water partition coefficient (Wildman–Crippen LogP) is 4.41. The molecule has 0 aliphatic rings. The van der Waals surface area contributed by atoms with Crippen LogP contribution in [0.2, 0.25) is 0 Å². The van der Waals surface area contributed by atoms with Crippen LogP contribution in [0, 0.1) is 23.0 Å². The van der Waals surface area contributed by atoms with Crippen molar-refractivity contribution in [3.8, 4) is 0 Å². The summed E-state index contributed by atoms with van der Waals surface area (Å²) < 4.78 is 25.8. The van der Waals surface area contributed by atoms with Crippen molar-refractivity contribution in [3.63, 3.8) is 0 Å². The molecule has 0 saturated carbocycles. The van der Waals surface area contributed by atoms with E-state index in [1.165, 1.54) is 12.1 Å². The fourth-order valence-corrected chi connectivity index (χ4v) is 2.12. The molecule has 1 aromatic carbocycles. The lowest BCUT2D eigenvalue weighted by molar-refractivity contribution is 0.263. The minimum Gasteiger partial charge on any atom is -0.204 e. The number of alkyl halides is 1. The van der Waals surface area contributed by atoms with Gasteiger partial charge in [0, 0.05) is 5.88 Å². The van der Waals surface area contributed by atoms with Crippen LogP contribution in [-0.4, -0.2) is 5.88 Å². The van der Waals surface area contributed by atoms with E-state index in [1.807, 2.05) is 0 Å². The fraction of sp³-hybridized carbons (Fsp3) is 0.538. The van der Waals surface area contributed by atoms with Crippen molar-refractivity contribution in [3.05, 3.63) is 35.4 Å². The highest BCUT2D eigenvalue weighted by atomic mass is 35.5. The maximum absolute atomic E-state index is 13.0. The lowest BCUT2D eigenvalue weighted by Gasteiger charge is -2.29. The largest absolute Gasteiger partial charge is 0.204 e. The van der Waals surface area contributed by atoms with Crippen LogP contribution < -0.4 is 0 Å². The minimum atomic E-state index is -0.804. The van der Waals surface area contributed by atoms with Crippen molar-refractivity contribution in [2.24, 2.45) is 11.3 Å². The maximum atomic E-state index is 13.0. The van der Waals surface area contributed by atoms with Gasteiger partial charge in [0.15, 0.2) is 11.6 Å². The highest BCUT2D eigenvalue weighted by Gasteiger charge is 2.24. The number of benzene rings is 1. The van der Waals surface area contributed by atoms with Gasteiger partial charge >= 0.3 is 0 Å². The average Bonchev–Trinajstić information content (AvgIpc) is 2.18. The first-order valence-corrected chi connectivity index (χ1v) is 5.88. The Morgan fingerprint density at radius 1 is 1.19 bits per heavy atom. The third-order valence-electron chi connectivity index (χ3n) is 2.88. The molecule has 0 aromatic heterocycles. The molecule has 90 valence electrons. The number of hydrogen-bond acceptors (Lipinski definition) is 0. The van der Waals surface area contributed by atoms with Crippen LogP contribution in [0.4, 0.5) is 8.78 Å². The summed E-state index contributed by atoms with van der Waals surface area (Å²) >= 11 is 5.91. The first-order chi connectivity index (χ1) is 7.34. The van der Waals surface area contributed by atoms with Gasteiger partial charge in [0.25, 0.3) is 0 Å². The Morgan fingerprint density at radius 3 is 2.25 bits per heavy atom. The van der Waals surface area contributed by atoms with Crippen molar-refractivity contribution < 1.29 is 8.78 Å². The van der Waals surface area contributed by atoms with E-state index in [0.29, 0.717) is 12.3 Å². The zero-order valence-electron chi connectivity index (χ0n) is 9.86. The van der Waals surface area contributed by atoms with Crippen LogP contribution in [0.25, 0.3) is 0 Å². The Kier molecular flexibility index (Phi) is 4.31. The first kappa shape index (κ1) is 13.4. The van der Waals surface area contributed by atoms with E-state index in [1.54, 1.807) is 6.07 Å². The smallest absolute Gasteiger partial charge is 0.159 e. The lowest BCUT2D eigenvalue weighted by atomic mass is 9.78. The van der Waals surface area contributed by atoms with Crippen LogP contribution >= 0.6 is 11.6 Å². The predicted molar refractivity (Wildman–Crippen MR) is 63.7 cm³/mol. The van der Waals surface area contributed by atoms with Gasteiger partial charge in [0.05, 0.1) is 0 Å². The van der Waals surface area contributed by atoms with Crippen LogP contribution in [0.1, 0.15) is 26.3 Å². The summed E-state index contributed by atoms with van der Waals surface area (Å²) in [7, 11) is 0. The van der Waals surface area contributed by atoms with Crippen molar-refractivity contribution in [1.82, 2.24) is 0 Å². The van der Waals surface area contributed by atoms with Crippen LogP contribution in [0.3, 0.4) is 0 Å². The monoisotopic (exact) mass is 246 g/mol. The molecule has 0 fully saturated rings. The SMILES string of the molecule is CC(C)(C)C(CCl)Cc1ccc(F)c(F)c1. The Hall–Kier alpha value is -0.630. The van der Waals surface area contributed by atoms with Crippen LogP contribution in [-0.2, 0) is 6.42 Å². The molecule has 0 aliphatic carbocycles. The fourth-order valence-electron chi connectivity index (χ4n) is 1.54. The third-order valence-corrected chi connectivity index (χ3v) is 3.25. The molecule has 0 spiro atoms. The second kappa shape index (κ2) is 5.13. The van der Waals surface area contributed by atoms with Gasteiger partial charge in [0.2, 0.25) is 0 Å². The zero-order valence-corrected chi connectivity index (χ0v) is 10.6. The Balaban J connectivity index is 2.83. The topological polar surface area (TPSA) is 0 Å². The Morgan fingerprint density at radius 2 is 1.81 bits per heavy atom. The van der Waals surface area contributed by atoms with E-state index in [4.69, 9.17) is 11.6 Å². The summed E-state index contributed by atoms with van der Waals surface area (Å²) in [6.07, 6.45) is 0.671. The standard InChI is InChI=1S/C13H17ClF2/c1-13(2,3)10(8-14)6-9-4-5-11(15)12(16)7-9/h4-5,7,10H,6,8H2,1-3H3. The van der Waals surface area contributed by atoms with Crippen LogP contribution in [0.15, 0.2) is 18.2 Å². The molecule has 0 N–H and O–H groups in total. The molecule has 1 rings (SSSR count). The third kappa shape index (κ3) is 3.44. The number of hydrogen-bond donors (Lipinski definition) is 0. The molecule has 0 amide bonds. The molecule has 0 radical (unpaired) electrons. The van der Waals surface area contributed by atoms with Gasteiger partial charge < -0.3 is 0 Å². The average molecular weight is 247 g/mol. The molecule has 3 heteroatoms.